The van der Waals surface area contributed by atoms with Crippen LogP contribution in [0.25, 0.3) is 22.0 Å². The molecule has 2 aromatic heterocycles. The van der Waals surface area contributed by atoms with Crippen LogP contribution >= 0.6 is 0 Å². The Kier molecular flexibility index (Phi) is 7.76. The van der Waals surface area contributed by atoms with Crippen molar-refractivity contribution in [3.63, 3.8) is 0 Å². The van der Waals surface area contributed by atoms with Crippen LogP contribution in [0.1, 0.15) is 31.1 Å². The van der Waals surface area contributed by atoms with Crippen LogP contribution in [0.3, 0.4) is 0 Å². The number of hydrogen-bond donors (Lipinski definition) is 1. The van der Waals surface area contributed by atoms with Crippen molar-refractivity contribution in [2.75, 3.05) is 25.6 Å². The fourth-order valence-electron chi connectivity index (χ4n) is 4.49. The van der Waals surface area contributed by atoms with E-state index in [4.69, 9.17) is 18.7 Å². The molecule has 1 saturated carbocycles. The second kappa shape index (κ2) is 11.3. The van der Waals surface area contributed by atoms with Crippen LogP contribution in [-0.4, -0.2) is 48.5 Å². The third-order valence-electron chi connectivity index (χ3n) is 6.89. The molecule has 1 aliphatic rings. The first-order valence-corrected chi connectivity index (χ1v) is 12.9. The Hall–Kier alpha value is -4.68. The number of esters is 1. The minimum absolute atomic E-state index is 0.0792. The van der Waals surface area contributed by atoms with Crippen molar-refractivity contribution < 1.29 is 45.9 Å². The molecule has 9 nitrogen and oxygen atoms in total. The molecule has 5 rings (SSSR count). The summed E-state index contributed by atoms with van der Waals surface area (Å²) in [6.07, 6.45) is -3.49. The molecule has 1 N–H and O–H groups in total. The Bertz CT molecular complexity index is 1650. The molecule has 0 radical (unpaired) electrons. The topological polar surface area (TPSA) is 113 Å². The van der Waals surface area contributed by atoms with Crippen molar-refractivity contribution in [2.24, 2.45) is 0 Å². The summed E-state index contributed by atoms with van der Waals surface area (Å²) in [6, 6.07) is 10.6. The van der Waals surface area contributed by atoms with Crippen LogP contribution < -0.4 is 14.8 Å². The number of rotatable bonds is 10. The van der Waals surface area contributed by atoms with Gasteiger partial charge in [-0.1, -0.05) is 17.3 Å². The van der Waals surface area contributed by atoms with Crippen LogP contribution in [0.5, 0.6) is 11.5 Å². The van der Waals surface area contributed by atoms with E-state index in [1.807, 2.05) is 0 Å². The molecule has 0 saturated heterocycles. The average molecular weight is 588 g/mol. The number of nitrogens with zero attached hydrogens (tertiary/aromatic N) is 2. The standard InChI is InChI=1S/C29H25F4N3O6/c1-16(37)40-7-8-41-24-13-22-19(11-23(24)39-2)9-20(15-34-22)17-3-4-18(21(30)10-17)12-27(38)35-26-14-25(42-36-26)28(5-6-28)29(31,32)33/h3-4,9-11,13-15H,5-8,12H2,1-2H3,(H,35,36,38). The van der Waals surface area contributed by atoms with Crippen LogP contribution in [0, 0.1) is 5.82 Å². The predicted octanol–water partition coefficient (Wildman–Crippen LogP) is 5.75. The van der Waals surface area contributed by atoms with Crippen LogP contribution in [0.4, 0.5) is 23.4 Å². The minimum Gasteiger partial charge on any atom is -0.493 e. The van der Waals surface area contributed by atoms with Gasteiger partial charge in [-0.3, -0.25) is 14.6 Å². The summed E-state index contributed by atoms with van der Waals surface area (Å²) in [5, 5.41) is 6.58. The molecule has 0 aliphatic heterocycles. The van der Waals surface area contributed by atoms with E-state index in [0.29, 0.717) is 33.5 Å². The van der Waals surface area contributed by atoms with Gasteiger partial charge in [-0.2, -0.15) is 13.2 Å². The highest BCUT2D eigenvalue weighted by molar-refractivity contribution is 5.91. The molecule has 42 heavy (non-hydrogen) atoms. The molecular weight excluding hydrogens is 562 g/mol. The lowest BCUT2D eigenvalue weighted by Gasteiger charge is -2.14. The van der Waals surface area contributed by atoms with Gasteiger partial charge in [-0.05, 0) is 42.2 Å². The number of halogens is 4. The van der Waals surface area contributed by atoms with Crippen molar-refractivity contribution in [3.8, 4) is 22.6 Å². The quantitative estimate of drug-likeness (QED) is 0.142. The number of fused-ring (bicyclic) bond motifs is 1. The summed E-state index contributed by atoms with van der Waals surface area (Å²) >= 11 is 0. The normalized spacial score (nSPS) is 14.0. The zero-order chi connectivity index (χ0) is 30.1. The van der Waals surface area contributed by atoms with Gasteiger partial charge in [0.25, 0.3) is 0 Å². The van der Waals surface area contributed by atoms with E-state index in [1.54, 1.807) is 30.5 Å². The van der Waals surface area contributed by atoms with E-state index >= 15 is 0 Å². The molecule has 2 heterocycles. The number of nitrogens with one attached hydrogen (secondary N) is 1. The van der Waals surface area contributed by atoms with Crippen molar-refractivity contribution >= 4 is 28.6 Å². The summed E-state index contributed by atoms with van der Waals surface area (Å²) in [6.45, 7) is 1.51. The van der Waals surface area contributed by atoms with Crippen LogP contribution in [0.2, 0.25) is 0 Å². The summed E-state index contributed by atoms with van der Waals surface area (Å²) in [5.74, 6) is -1.40. The zero-order valence-corrected chi connectivity index (χ0v) is 22.5. The number of benzene rings is 2. The molecule has 2 aromatic carbocycles. The number of anilines is 1. The lowest BCUT2D eigenvalue weighted by atomic mass is 10.0. The molecule has 1 amide bonds. The lowest BCUT2D eigenvalue weighted by Crippen LogP contribution is -2.28. The number of aromatic nitrogens is 2. The Morgan fingerprint density at radius 3 is 2.50 bits per heavy atom. The number of pyridine rings is 1. The van der Waals surface area contributed by atoms with Crippen molar-refractivity contribution in [1.82, 2.24) is 10.1 Å². The summed E-state index contributed by atoms with van der Waals surface area (Å²) < 4.78 is 75.6. The highest BCUT2D eigenvalue weighted by atomic mass is 19.4. The van der Waals surface area contributed by atoms with E-state index < -0.39 is 29.3 Å². The lowest BCUT2D eigenvalue weighted by molar-refractivity contribution is -0.165. The molecule has 4 aromatic rings. The zero-order valence-electron chi connectivity index (χ0n) is 22.5. The van der Waals surface area contributed by atoms with E-state index in [1.165, 1.54) is 26.2 Å². The van der Waals surface area contributed by atoms with Gasteiger partial charge in [0.1, 0.15) is 24.4 Å². The maximum atomic E-state index is 15.0. The molecule has 0 bridgehead atoms. The van der Waals surface area contributed by atoms with Gasteiger partial charge in [-0.15, -0.1) is 0 Å². The van der Waals surface area contributed by atoms with Crippen molar-refractivity contribution in [2.45, 2.75) is 37.8 Å². The Labute approximate surface area is 236 Å². The summed E-state index contributed by atoms with van der Waals surface area (Å²) in [7, 11) is 1.48. The van der Waals surface area contributed by atoms with E-state index in [2.05, 4.69) is 15.5 Å². The SMILES string of the molecule is COc1cc2cc(-c3ccc(CC(=O)Nc4cc(C5(C(F)(F)F)CC5)on4)c(F)c3)cnc2cc1OCCOC(C)=O. The van der Waals surface area contributed by atoms with Gasteiger partial charge in [-0.25, -0.2) is 4.39 Å². The van der Waals surface area contributed by atoms with E-state index in [-0.39, 0.29) is 49.6 Å². The molecule has 13 heteroatoms. The fraction of sp³-hybridized carbons (Fsp3) is 0.310. The summed E-state index contributed by atoms with van der Waals surface area (Å²) in [4.78, 5) is 27.8. The first-order valence-electron chi connectivity index (χ1n) is 12.9. The molecule has 0 spiro atoms. The average Bonchev–Trinajstić information content (AvgIpc) is 3.65. The fourth-order valence-corrected chi connectivity index (χ4v) is 4.49. The highest BCUT2D eigenvalue weighted by Crippen LogP contribution is 2.59. The number of carbonyl (C=O) groups excluding carboxylic acids is 2. The third-order valence-corrected chi connectivity index (χ3v) is 6.89. The van der Waals surface area contributed by atoms with Gasteiger partial charge < -0.3 is 24.1 Å². The second-order valence-electron chi connectivity index (χ2n) is 9.80. The predicted molar refractivity (Wildman–Crippen MR) is 142 cm³/mol. The van der Waals surface area contributed by atoms with Gasteiger partial charge in [0, 0.05) is 36.2 Å². The maximum Gasteiger partial charge on any atom is 0.401 e. The Morgan fingerprint density at radius 2 is 1.83 bits per heavy atom. The maximum absolute atomic E-state index is 15.0. The Morgan fingerprint density at radius 1 is 1.05 bits per heavy atom. The number of ether oxygens (including phenoxy) is 3. The van der Waals surface area contributed by atoms with Crippen molar-refractivity contribution in [3.05, 3.63) is 65.8 Å². The first kappa shape index (κ1) is 28.8. The van der Waals surface area contributed by atoms with Gasteiger partial charge in [0.2, 0.25) is 5.91 Å². The van der Waals surface area contributed by atoms with Gasteiger partial charge in [0.15, 0.2) is 23.1 Å². The highest BCUT2D eigenvalue weighted by Gasteiger charge is 2.66. The number of methoxy groups -OCH3 is 1. The van der Waals surface area contributed by atoms with E-state index in [9.17, 15) is 27.2 Å². The van der Waals surface area contributed by atoms with Crippen molar-refractivity contribution in [1.29, 1.82) is 0 Å². The number of amides is 1. The van der Waals surface area contributed by atoms with Gasteiger partial charge >= 0.3 is 12.1 Å². The van der Waals surface area contributed by atoms with Crippen LogP contribution in [0.15, 0.2) is 53.2 Å². The molecule has 220 valence electrons. The molecule has 1 aliphatic carbocycles. The number of hydrogen-bond acceptors (Lipinski definition) is 8. The van der Waals surface area contributed by atoms with E-state index in [0.717, 1.165) is 6.07 Å². The smallest absolute Gasteiger partial charge is 0.401 e. The second-order valence-corrected chi connectivity index (χ2v) is 9.80. The molecular formula is C29H25F4N3O6. The minimum atomic E-state index is -4.48. The Balaban J connectivity index is 1.26. The molecule has 1 fully saturated rings. The number of alkyl halides is 3. The monoisotopic (exact) mass is 587 g/mol. The largest absolute Gasteiger partial charge is 0.493 e. The summed E-state index contributed by atoms with van der Waals surface area (Å²) in [5.41, 5.74) is -0.267. The van der Waals surface area contributed by atoms with Crippen LogP contribution in [-0.2, 0) is 26.2 Å². The molecule has 0 atom stereocenters. The van der Waals surface area contributed by atoms with Gasteiger partial charge in [0.05, 0.1) is 19.0 Å². The number of carbonyl (C=O) groups is 2. The molecule has 0 unspecified atom stereocenters. The third kappa shape index (κ3) is 5.99. The first-order chi connectivity index (χ1) is 20.0.